The van der Waals surface area contributed by atoms with Gasteiger partial charge in [-0.25, -0.2) is 4.79 Å². The zero-order chi connectivity index (χ0) is 15.5. The molecule has 0 amide bonds. The molecule has 0 unspecified atom stereocenters. The molecular formula is C17H18N2O3. The van der Waals surface area contributed by atoms with Crippen LogP contribution in [0.2, 0.25) is 0 Å². The van der Waals surface area contributed by atoms with Crippen LogP contribution in [0.15, 0.2) is 42.5 Å². The van der Waals surface area contributed by atoms with E-state index in [1.54, 1.807) is 12.1 Å². The Morgan fingerprint density at radius 2 is 2.05 bits per heavy atom. The molecule has 114 valence electrons. The van der Waals surface area contributed by atoms with E-state index >= 15 is 0 Å². The van der Waals surface area contributed by atoms with Gasteiger partial charge in [0.1, 0.15) is 18.0 Å². The van der Waals surface area contributed by atoms with Gasteiger partial charge < -0.3 is 20.1 Å². The Balaban J connectivity index is 1.82. The molecule has 5 heteroatoms. The van der Waals surface area contributed by atoms with Crippen LogP contribution >= 0.6 is 0 Å². The number of methoxy groups -OCH3 is 1. The zero-order valence-corrected chi connectivity index (χ0v) is 12.4. The summed E-state index contributed by atoms with van der Waals surface area (Å²) in [6, 6.07) is 13.1. The first kappa shape index (κ1) is 14.3. The quantitative estimate of drug-likeness (QED) is 0.696. The largest absolute Gasteiger partial charge is 0.489 e. The summed E-state index contributed by atoms with van der Waals surface area (Å²) in [4.78, 5) is 13.7. The third-order valence-electron chi connectivity index (χ3n) is 3.71. The minimum atomic E-state index is -0.326. The SMILES string of the molecule is COC(=O)c1ccc(CN2CCOc3cccc(N)c32)cc1. The average molecular weight is 298 g/mol. The number of ether oxygens (including phenoxy) is 2. The van der Waals surface area contributed by atoms with Crippen molar-refractivity contribution >= 4 is 17.3 Å². The Labute approximate surface area is 129 Å². The maximum Gasteiger partial charge on any atom is 0.337 e. The van der Waals surface area contributed by atoms with Crippen LogP contribution in [0.5, 0.6) is 5.75 Å². The fourth-order valence-corrected chi connectivity index (χ4v) is 2.61. The second-order valence-corrected chi connectivity index (χ2v) is 5.15. The standard InChI is InChI=1S/C17H18N2O3/c1-21-17(20)13-7-5-12(6-8-13)11-19-9-10-22-15-4-2-3-14(18)16(15)19/h2-8H,9-11,18H2,1H3. The van der Waals surface area contributed by atoms with E-state index in [2.05, 4.69) is 4.90 Å². The number of esters is 1. The van der Waals surface area contributed by atoms with Gasteiger partial charge in [0.05, 0.1) is 24.9 Å². The number of nitrogens with two attached hydrogens (primary N) is 1. The van der Waals surface area contributed by atoms with Gasteiger partial charge in [0, 0.05) is 6.54 Å². The van der Waals surface area contributed by atoms with Crippen LogP contribution in [0, 0.1) is 0 Å². The number of nitrogens with zero attached hydrogens (tertiary/aromatic N) is 1. The smallest absolute Gasteiger partial charge is 0.337 e. The van der Waals surface area contributed by atoms with Gasteiger partial charge in [-0.3, -0.25) is 0 Å². The predicted molar refractivity (Wildman–Crippen MR) is 85.2 cm³/mol. The number of hydrogen-bond donors (Lipinski definition) is 1. The summed E-state index contributed by atoms with van der Waals surface area (Å²) in [5.74, 6) is 0.491. The molecule has 0 aliphatic carbocycles. The fraction of sp³-hybridized carbons (Fsp3) is 0.235. The molecule has 2 aromatic carbocycles. The number of nitrogen functional groups attached to an aromatic ring is 1. The van der Waals surface area contributed by atoms with E-state index in [1.165, 1.54) is 7.11 Å². The predicted octanol–water partition coefficient (Wildman–Crippen LogP) is 2.45. The van der Waals surface area contributed by atoms with E-state index in [0.29, 0.717) is 24.4 Å². The topological polar surface area (TPSA) is 64.8 Å². The van der Waals surface area contributed by atoms with E-state index in [9.17, 15) is 4.79 Å². The van der Waals surface area contributed by atoms with Crippen molar-refractivity contribution in [2.24, 2.45) is 0 Å². The minimum absolute atomic E-state index is 0.326. The summed E-state index contributed by atoms with van der Waals surface area (Å²) >= 11 is 0. The molecule has 0 saturated heterocycles. The average Bonchev–Trinajstić information content (AvgIpc) is 2.55. The maximum atomic E-state index is 11.5. The van der Waals surface area contributed by atoms with Gasteiger partial charge >= 0.3 is 5.97 Å². The van der Waals surface area contributed by atoms with Crippen LogP contribution in [-0.4, -0.2) is 26.2 Å². The van der Waals surface area contributed by atoms with Crippen molar-refractivity contribution < 1.29 is 14.3 Å². The van der Waals surface area contributed by atoms with Crippen molar-refractivity contribution in [1.29, 1.82) is 0 Å². The maximum absolute atomic E-state index is 11.5. The van der Waals surface area contributed by atoms with Gasteiger partial charge in [-0.1, -0.05) is 18.2 Å². The monoisotopic (exact) mass is 298 g/mol. The van der Waals surface area contributed by atoms with Crippen LogP contribution in [0.25, 0.3) is 0 Å². The number of carbonyl (C=O) groups is 1. The number of fused-ring (bicyclic) bond motifs is 1. The lowest BCUT2D eigenvalue weighted by Gasteiger charge is -2.32. The van der Waals surface area contributed by atoms with Crippen LogP contribution < -0.4 is 15.4 Å². The van der Waals surface area contributed by atoms with Gasteiger partial charge in [0.15, 0.2) is 0 Å². The molecule has 0 saturated carbocycles. The highest BCUT2D eigenvalue weighted by molar-refractivity contribution is 5.89. The van der Waals surface area contributed by atoms with Crippen LogP contribution in [-0.2, 0) is 11.3 Å². The van der Waals surface area contributed by atoms with Crippen molar-refractivity contribution in [3.63, 3.8) is 0 Å². The molecule has 1 heterocycles. The second kappa shape index (κ2) is 5.97. The lowest BCUT2D eigenvalue weighted by Crippen LogP contribution is -2.32. The summed E-state index contributed by atoms with van der Waals surface area (Å²) in [6.45, 7) is 2.13. The van der Waals surface area contributed by atoms with Crippen molar-refractivity contribution in [3.8, 4) is 5.75 Å². The third-order valence-corrected chi connectivity index (χ3v) is 3.71. The van der Waals surface area contributed by atoms with E-state index in [-0.39, 0.29) is 5.97 Å². The molecule has 5 nitrogen and oxygen atoms in total. The molecule has 2 N–H and O–H groups in total. The number of anilines is 2. The lowest BCUT2D eigenvalue weighted by atomic mass is 10.1. The Hall–Kier alpha value is -2.69. The summed E-state index contributed by atoms with van der Waals surface area (Å²) in [5, 5.41) is 0. The highest BCUT2D eigenvalue weighted by Gasteiger charge is 2.20. The first-order valence-electron chi connectivity index (χ1n) is 7.12. The normalized spacial score (nSPS) is 13.2. The zero-order valence-electron chi connectivity index (χ0n) is 12.4. The Kier molecular flexibility index (Phi) is 3.87. The molecule has 3 rings (SSSR count). The number of para-hydroxylation sites is 1. The number of carbonyl (C=O) groups excluding carboxylic acids is 1. The number of hydrogen-bond acceptors (Lipinski definition) is 5. The molecule has 0 aromatic heterocycles. The Morgan fingerprint density at radius 1 is 1.27 bits per heavy atom. The summed E-state index contributed by atoms with van der Waals surface area (Å²) in [6.07, 6.45) is 0. The van der Waals surface area contributed by atoms with Crippen LogP contribution in [0.1, 0.15) is 15.9 Å². The highest BCUT2D eigenvalue weighted by Crippen LogP contribution is 2.37. The fourth-order valence-electron chi connectivity index (χ4n) is 2.61. The van der Waals surface area contributed by atoms with E-state index < -0.39 is 0 Å². The molecule has 2 aromatic rings. The first-order chi connectivity index (χ1) is 10.7. The second-order valence-electron chi connectivity index (χ2n) is 5.15. The molecule has 0 fully saturated rings. The molecule has 0 bridgehead atoms. The first-order valence-corrected chi connectivity index (χ1v) is 7.12. The van der Waals surface area contributed by atoms with Gasteiger partial charge in [-0.2, -0.15) is 0 Å². The number of benzene rings is 2. The molecule has 1 aliphatic rings. The molecule has 22 heavy (non-hydrogen) atoms. The molecule has 1 aliphatic heterocycles. The molecule has 0 atom stereocenters. The molecular weight excluding hydrogens is 280 g/mol. The van der Waals surface area contributed by atoms with E-state index in [0.717, 1.165) is 23.5 Å². The van der Waals surface area contributed by atoms with Gasteiger partial charge in [-0.05, 0) is 29.8 Å². The summed E-state index contributed by atoms with van der Waals surface area (Å²) in [7, 11) is 1.38. The highest BCUT2D eigenvalue weighted by atomic mass is 16.5. The minimum Gasteiger partial charge on any atom is -0.489 e. The van der Waals surface area contributed by atoms with Crippen molar-refractivity contribution in [1.82, 2.24) is 0 Å². The molecule has 0 radical (unpaired) electrons. The van der Waals surface area contributed by atoms with Gasteiger partial charge in [-0.15, -0.1) is 0 Å². The van der Waals surface area contributed by atoms with Crippen LogP contribution in [0.3, 0.4) is 0 Å². The van der Waals surface area contributed by atoms with Gasteiger partial charge in [0.2, 0.25) is 0 Å². The Bertz CT molecular complexity index is 683. The molecule has 0 spiro atoms. The van der Waals surface area contributed by atoms with Crippen LogP contribution in [0.4, 0.5) is 11.4 Å². The van der Waals surface area contributed by atoms with Crippen molar-refractivity contribution in [2.75, 3.05) is 30.9 Å². The third kappa shape index (κ3) is 2.70. The van der Waals surface area contributed by atoms with Crippen molar-refractivity contribution in [2.45, 2.75) is 6.54 Å². The lowest BCUT2D eigenvalue weighted by molar-refractivity contribution is 0.0600. The Morgan fingerprint density at radius 3 is 2.77 bits per heavy atom. The van der Waals surface area contributed by atoms with E-state index in [1.807, 2.05) is 30.3 Å². The van der Waals surface area contributed by atoms with Gasteiger partial charge in [0.25, 0.3) is 0 Å². The van der Waals surface area contributed by atoms with Crippen molar-refractivity contribution in [3.05, 3.63) is 53.6 Å². The van der Waals surface area contributed by atoms with E-state index in [4.69, 9.17) is 15.2 Å². The number of rotatable bonds is 3. The summed E-state index contributed by atoms with van der Waals surface area (Å²) in [5.41, 5.74) is 9.38. The summed E-state index contributed by atoms with van der Waals surface area (Å²) < 4.78 is 10.4.